The van der Waals surface area contributed by atoms with E-state index in [2.05, 4.69) is 30.3 Å². The van der Waals surface area contributed by atoms with Gasteiger partial charge in [0.15, 0.2) is 5.03 Å². The molecule has 1 N–H and O–H groups in total. The topological polar surface area (TPSA) is 134 Å². The first-order valence-electron chi connectivity index (χ1n) is 15.6. The third-order valence-electron chi connectivity index (χ3n) is 8.79. The van der Waals surface area contributed by atoms with E-state index in [1.807, 2.05) is 30.0 Å². The fraction of sp³-hybridized carbons (Fsp3) is 0.452. The molecule has 0 radical (unpaired) electrons. The number of piperidine rings is 1. The minimum Gasteiger partial charge on any atom is -0.348 e. The molecule has 4 aromatic rings. The number of halogens is 4. The summed E-state index contributed by atoms with van der Waals surface area (Å²) in [4.78, 5) is 27.5. The molecule has 0 bridgehead atoms. The van der Waals surface area contributed by atoms with Crippen LogP contribution >= 0.6 is 0 Å². The summed E-state index contributed by atoms with van der Waals surface area (Å²) in [6.45, 7) is 6.53. The molecule has 18 heteroatoms. The van der Waals surface area contributed by atoms with Crippen LogP contribution in [0, 0.1) is 6.92 Å². The van der Waals surface area contributed by atoms with Gasteiger partial charge in [0.2, 0.25) is 11.9 Å². The van der Waals surface area contributed by atoms with Crippen LogP contribution in [-0.2, 0) is 34.6 Å². The summed E-state index contributed by atoms with van der Waals surface area (Å²) in [6, 6.07) is 4.85. The Hall–Kier alpha value is -4.42. The SMILES string of the molecule is CC(=O)N1CCN(Cc2ccc(-n3cc(-c4nc(N[C@H]5CCN(S(=O)(=O)c6cn(C)cn6)C[C@H]5F)ncc4C(F)(F)F)cn3)c(C)c2)CC1. The van der Waals surface area contributed by atoms with Gasteiger partial charge < -0.3 is 14.8 Å². The lowest BCUT2D eigenvalue weighted by Gasteiger charge is -2.34. The Morgan fingerprint density at radius 2 is 1.82 bits per heavy atom. The van der Waals surface area contributed by atoms with E-state index in [4.69, 9.17) is 0 Å². The van der Waals surface area contributed by atoms with Crippen molar-refractivity contribution < 1.29 is 30.8 Å². The number of alkyl halides is 4. The van der Waals surface area contributed by atoms with Crippen molar-refractivity contribution in [3.05, 3.63) is 66.0 Å². The van der Waals surface area contributed by atoms with Gasteiger partial charge in [-0.2, -0.15) is 22.6 Å². The van der Waals surface area contributed by atoms with E-state index in [1.54, 1.807) is 14.0 Å². The van der Waals surface area contributed by atoms with Crippen LogP contribution < -0.4 is 5.32 Å². The monoisotopic (exact) mass is 704 g/mol. The molecule has 2 aliphatic heterocycles. The number of carbonyl (C=O) groups is 1. The van der Waals surface area contributed by atoms with Crippen LogP contribution in [0.15, 0.2) is 54.3 Å². The van der Waals surface area contributed by atoms with E-state index in [1.165, 1.54) is 34.2 Å². The zero-order valence-electron chi connectivity index (χ0n) is 27.1. The van der Waals surface area contributed by atoms with Crippen molar-refractivity contribution in [1.29, 1.82) is 0 Å². The average Bonchev–Trinajstić information content (AvgIpc) is 3.72. The second-order valence-electron chi connectivity index (χ2n) is 12.3. The van der Waals surface area contributed by atoms with Crippen LogP contribution in [0.3, 0.4) is 0 Å². The van der Waals surface area contributed by atoms with Gasteiger partial charge in [0.1, 0.15) is 11.7 Å². The number of hydrogen-bond donors (Lipinski definition) is 1. The first kappa shape index (κ1) is 34.4. The number of anilines is 1. The third kappa shape index (κ3) is 7.45. The highest BCUT2D eigenvalue weighted by Crippen LogP contribution is 2.36. The predicted octanol–water partition coefficient (Wildman–Crippen LogP) is 3.27. The van der Waals surface area contributed by atoms with Crippen molar-refractivity contribution in [2.24, 2.45) is 7.05 Å². The number of rotatable bonds is 8. The van der Waals surface area contributed by atoms with Gasteiger partial charge in [0.05, 0.1) is 29.9 Å². The van der Waals surface area contributed by atoms with E-state index in [0.29, 0.717) is 31.5 Å². The Morgan fingerprint density at radius 3 is 2.45 bits per heavy atom. The van der Waals surface area contributed by atoms with Crippen LogP contribution in [0.2, 0.25) is 0 Å². The minimum absolute atomic E-state index is 0.0226. The van der Waals surface area contributed by atoms with E-state index in [-0.39, 0.29) is 35.4 Å². The van der Waals surface area contributed by atoms with E-state index in [9.17, 15) is 26.4 Å². The van der Waals surface area contributed by atoms with Crippen LogP contribution in [-0.4, -0.2) is 109 Å². The van der Waals surface area contributed by atoms with Crippen molar-refractivity contribution in [2.75, 3.05) is 44.6 Å². The molecule has 2 aliphatic rings. The summed E-state index contributed by atoms with van der Waals surface area (Å²) < 4.78 is 87.3. The summed E-state index contributed by atoms with van der Waals surface area (Å²) in [7, 11) is -2.40. The van der Waals surface area contributed by atoms with Crippen LogP contribution in [0.25, 0.3) is 16.9 Å². The molecule has 1 aromatic carbocycles. The third-order valence-corrected chi connectivity index (χ3v) is 10.5. The summed E-state index contributed by atoms with van der Waals surface area (Å²) >= 11 is 0. The smallest absolute Gasteiger partial charge is 0.348 e. The number of nitrogens with one attached hydrogen (secondary N) is 1. The summed E-state index contributed by atoms with van der Waals surface area (Å²) in [5.41, 5.74) is 1.16. The number of carbonyl (C=O) groups excluding carboxylic acids is 1. The van der Waals surface area contributed by atoms with Gasteiger partial charge in [-0.1, -0.05) is 12.1 Å². The highest BCUT2D eigenvalue weighted by Gasteiger charge is 2.39. The molecule has 1 amide bonds. The quantitative estimate of drug-likeness (QED) is 0.275. The normalized spacial score (nSPS) is 19.7. The van der Waals surface area contributed by atoms with Gasteiger partial charge in [-0.3, -0.25) is 9.69 Å². The molecule has 13 nitrogen and oxygen atoms in total. The van der Waals surface area contributed by atoms with Crippen LogP contribution in [0.5, 0.6) is 0 Å². The number of piperazine rings is 1. The second-order valence-corrected chi connectivity index (χ2v) is 14.2. The number of amides is 1. The molecule has 6 rings (SSSR count). The highest BCUT2D eigenvalue weighted by atomic mass is 32.2. The Bertz CT molecular complexity index is 1940. The number of hydrogen-bond acceptors (Lipinski definition) is 9. The van der Waals surface area contributed by atoms with Crippen molar-refractivity contribution in [3.63, 3.8) is 0 Å². The Kier molecular flexibility index (Phi) is 9.47. The van der Waals surface area contributed by atoms with Gasteiger partial charge >= 0.3 is 6.18 Å². The Labute approximate surface area is 280 Å². The largest absolute Gasteiger partial charge is 0.419 e. The molecule has 0 aliphatic carbocycles. The maximum atomic E-state index is 15.3. The first-order chi connectivity index (χ1) is 23.2. The second kappa shape index (κ2) is 13.5. The Morgan fingerprint density at radius 1 is 1.06 bits per heavy atom. The summed E-state index contributed by atoms with van der Waals surface area (Å²) in [5, 5.41) is 6.90. The molecule has 49 heavy (non-hydrogen) atoms. The fourth-order valence-corrected chi connectivity index (χ4v) is 7.51. The van der Waals surface area contributed by atoms with Crippen molar-refractivity contribution >= 4 is 21.9 Å². The number of sulfonamides is 1. The lowest BCUT2D eigenvalue weighted by atomic mass is 10.1. The van der Waals surface area contributed by atoms with E-state index in [0.717, 1.165) is 28.5 Å². The first-order valence-corrected chi connectivity index (χ1v) is 17.1. The lowest BCUT2D eigenvalue weighted by molar-refractivity contribution is -0.137. The highest BCUT2D eigenvalue weighted by molar-refractivity contribution is 7.89. The molecular formula is C31H36F4N10O3S. The summed E-state index contributed by atoms with van der Waals surface area (Å²) in [6.07, 6.45) is -0.424. The fourth-order valence-electron chi connectivity index (χ4n) is 6.09. The maximum absolute atomic E-state index is 15.3. The van der Waals surface area contributed by atoms with E-state index >= 15 is 4.39 Å². The van der Waals surface area contributed by atoms with Gasteiger partial charge in [-0.25, -0.2) is 32.4 Å². The van der Waals surface area contributed by atoms with Gasteiger partial charge in [0, 0.05) is 83.9 Å². The number of aromatic nitrogens is 6. The van der Waals surface area contributed by atoms with Crippen LogP contribution in [0.4, 0.5) is 23.5 Å². The molecule has 0 unspecified atom stereocenters. The molecular weight excluding hydrogens is 668 g/mol. The molecule has 5 heterocycles. The van der Waals surface area contributed by atoms with E-state index < -0.39 is 46.2 Å². The Balaban J connectivity index is 1.17. The lowest BCUT2D eigenvalue weighted by Crippen LogP contribution is -2.50. The summed E-state index contributed by atoms with van der Waals surface area (Å²) in [5.74, 6) is -0.161. The number of imidazole rings is 1. The molecule has 0 saturated carbocycles. The average molecular weight is 705 g/mol. The number of benzene rings is 1. The number of nitrogens with zero attached hydrogens (tertiary/aromatic N) is 9. The zero-order valence-corrected chi connectivity index (χ0v) is 27.9. The zero-order chi connectivity index (χ0) is 35.1. The van der Waals surface area contributed by atoms with Crippen molar-refractivity contribution in [3.8, 4) is 16.9 Å². The molecule has 3 aromatic heterocycles. The van der Waals surface area contributed by atoms with Crippen molar-refractivity contribution in [2.45, 2.75) is 50.2 Å². The van der Waals surface area contributed by atoms with Gasteiger partial charge in [0.25, 0.3) is 10.0 Å². The molecule has 2 fully saturated rings. The van der Waals surface area contributed by atoms with Crippen molar-refractivity contribution in [1.82, 2.24) is 43.4 Å². The number of aryl methyl sites for hydroxylation is 2. The van der Waals surface area contributed by atoms with Crippen LogP contribution in [0.1, 0.15) is 30.0 Å². The molecule has 262 valence electrons. The maximum Gasteiger partial charge on any atom is 0.419 e. The molecule has 0 spiro atoms. The molecule has 2 saturated heterocycles. The minimum atomic E-state index is -4.78. The predicted molar refractivity (Wildman–Crippen MR) is 171 cm³/mol. The van der Waals surface area contributed by atoms with Gasteiger partial charge in [-0.05, 0) is 30.5 Å². The standard InChI is InChI=1S/C31H36F4N10O3S/c1-20-12-22(15-42-8-10-43(11-9-42)21(2)46)4-5-27(20)45-16-23(13-38-45)29-24(31(33,34)35)14-36-30(40-29)39-26-6-7-44(17-25(26)32)49(47,48)28-18-41(3)19-37-28/h4-5,12-14,16,18-19,25-26H,6-11,15,17H2,1-3H3,(H,36,39,40)/t25-,26+/m1/s1. The molecule has 2 atom stereocenters. The van der Waals surface area contributed by atoms with Gasteiger partial charge in [-0.15, -0.1) is 0 Å².